The number of hydrogen-bond donors (Lipinski definition) is 1. The average Bonchev–Trinajstić information content (AvgIpc) is 3.20. The minimum atomic E-state index is -3.82. The number of halogens is 1. The van der Waals surface area contributed by atoms with Gasteiger partial charge in [-0.05, 0) is 49.6 Å². The number of carbonyl (C=O) groups is 1. The highest BCUT2D eigenvalue weighted by atomic mass is 35.5. The molecule has 1 aromatic heterocycles. The number of nitrogens with one attached hydrogen (secondary N) is 1. The van der Waals surface area contributed by atoms with Crippen molar-refractivity contribution in [1.82, 2.24) is 14.4 Å². The predicted molar refractivity (Wildman–Crippen MR) is 121 cm³/mol. The summed E-state index contributed by atoms with van der Waals surface area (Å²) in [6, 6.07) is 11.9. The minimum Gasteiger partial charge on any atom is -0.339 e. The molecule has 1 N–H and O–H groups in total. The van der Waals surface area contributed by atoms with Crippen LogP contribution >= 0.6 is 11.6 Å². The highest BCUT2D eigenvalue weighted by molar-refractivity contribution is 7.89. The van der Waals surface area contributed by atoms with Crippen LogP contribution in [0.15, 0.2) is 51.9 Å². The Morgan fingerprint density at radius 1 is 1.22 bits per heavy atom. The number of aromatic nitrogens is 2. The van der Waals surface area contributed by atoms with Crippen LogP contribution in [-0.4, -0.2) is 41.9 Å². The molecule has 0 aliphatic carbocycles. The van der Waals surface area contributed by atoms with E-state index < -0.39 is 15.9 Å². The Morgan fingerprint density at radius 3 is 2.75 bits per heavy atom. The summed E-state index contributed by atoms with van der Waals surface area (Å²) in [5, 5.41) is 7.23. The minimum absolute atomic E-state index is 0.111. The topological polar surface area (TPSA) is 105 Å². The summed E-state index contributed by atoms with van der Waals surface area (Å²) in [4.78, 5) is 17.1. The number of benzene rings is 2. The molecule has 0 radical (unpaired) electrons. The number of anilines is 1. The van der Waals surface area contributed by atoms with Crippen molar-refractivity contribution in [2.45, 2.75) is 31.6 Å². The van der Waals surface area contributed by atoms with E-state index in [-0.39, 0.29) is 17.3 Å². The van der Waals surface area contributed by atoms with E-state index in [9.17, 15) is 13.2 Å². The van der Waals surface area contributed by atoms with Crippen LogP contribution in [0.3, 0.4) is 0 Å². The van der Waals surface area contributed by atoms with Crippen molar-refractivity contribution < 1.29 is 17.7 Å². The Hall–Kier alpha value is -2.75. The van der Waals surface area contributed by atoms with Crippen LogP contribution in [0, 0.1) is 19.8 Å². The fourth-order valence-electron chi connectivity index (χ4n) is 3.76. The lowest BCUT2D eigenvalue weighted by molar-refractivity contribution is -0.120. The van der Waals surface area contributed by atoms with E-state index in [0.717, 1.165) is 0 Å². The Morgan fingerprint density at radius 2 is 2.03 bits per heavy atom. The molecule has 1 fully saturated rings. The zero-order valence-electron chi connectivity index (χ0n) is 17.7. The molecule has 0 saturated carbocycles. The highest BCUT2D eigenvalue weighted by Crippen LogP contribution is 2.29. The lowest BCUT2D eigenvalue weighted by Gasteiger charge is -2.31. The normalized spacial score (nSPS) is 17.3. The summed E-state index contributed by atoms with van der Waals surface area (Å²) >= 11 is 5.98. The molecule has 8 nitrogen and oxygen atoms in total. The maximum atomic E-state index is 13.5. The monoisotopic (exact) mass is 474 g/mol. The van der Waals surface area contributed by atoms with Crippen molar-refractivity contribution in [3.8, 4) is 11.4 Å². The van der Waals surface area contributed by atoms with Gasteiger partial charge in [0.25, 0.3) is 0 Å². The number of sulfonamides is 1. The lowest BCUT2D eigenvalue weighted by Crippen LogP contribution is -2.43. The summed E-state index contributed by atoms with van der Waals surface area (Å²) < 4.78 is 33.4. The molecule has 0 bridgehead atoms. The van der Waals surface area contributed by atoms with Crippen molar-refractivity contribution in [2.24, 2.45) is 5.92 Å². The molecule has 1 unspecified atom stereocenters. The second-order valence-corrected chi connectivity index (χ2v) is 10.2. The van der Waals surface area contributed by atoms with E-state index in [1.807, 2.05) is 0 Å². The van der Waals surface area contributed by atoms with E-state index in [1.165, 1.54) is 4.31 Å². The van der Waals surface area contributed by atoms with Gasteiger partial charge in [-0.15, -0.1) is 0 Å². The van der Waals surface area contributed by atoms with Crippen molar-refractivity contribution in [3.63, 3.8) is 0 Å². The Kier molecular flexibility index (Phi) is 6.32. The highest BCUT2D eigenvalue weighted by Gasteiger charge is 2.34. The standard InChI is InChI=1S/C22H23ClN4O4S/c1-14-8-9-16(21-24-15(2)31-26-21)11-20(14)32(29,30)27-10-4-5-17(13-27)22(28)25-19-7-3-6-18(23)12-19/h3,6-9,11-12,17H,4-5,10,13H2,1-2H3,(H,25,28). The molecule has 4 rings (SSSR count). The Bertz CT molecular complexity index is 1260. The van der Waals surface area contributed by atoms with Gasteiger partial charge in [-0.3, -0.25) is 4.79 Å². The maximum absolute atomic E-state index is 13.5. The van der Waals surface area contributed by atoms with Crippen LogP contribution in [0.5, 0.6) is 0 Å². The van der Waals surface area contributed by atoms with Gasteiger partial charge >= 0.3 is 0 Å². The van der Waals surface area contributed by atoms with Gasteiger partial charge in [0.05, 0.1) is 10.8 Å². The molecule has 2 aromatic carbocycles. The fraction of sp³-hybridized carbons (Fsp3) is 0.318. The number of rotatable bonds is 5. The smallest absolute Gasteiger partial charge is 0.243 e. The van der Waals surface area contributed by atoms with Crippen LogP contribution in [0.4, 0.5) is 5.69 Å². The first-order valence-corrected chi connectivity index (χ1v) is 12.0. The molecule has 1 aliphatic rings. The van der Waals surface area contributed by atoms with Gasteiger partial charge in [0.15, 0.2) is 0 Å². The molecule has 3 aromatic rings. The molecule has 168 valence electrons. The first-order valence-electron chi connectivity index (χ1n) is 10.2. The van der Waals surface area contributed by atoms with E-state index >= 15 is 0 Å². The molecular formula is C22H23ClN4O4S. The van der Waals surface area contributed by atoms with Gasteiger partial charge in [-0.25, -0.2) is 8.42 Å². The van der Waals surface area contributed by atoms with Gasteiger partial charge in [0.1, 0.15) is 0 Å². The van der Waals surface area contributed by atoms with Crippen LogP contribution < -0.4 is 5.32 Å². The molecule has 2 heterocycles. The number of piperidine rings is 1. The van der Waals surface area contributed by atoms with E-state index in [4.69, 9.17) is 16.1 Å². The predicted octanol–water partition coefficient (Wildman–Crippen LogP) is 4.05. The molecule has 1 saturated heterocycles. The third-order valence-electron chi connectivity index (χ3n) is 5.44. The fourth-order valence-corrected chi connectivity index (χ4v) is 5.72. The number of amides is 1. The van der Waals surface area contributed by atoms with Crippen LogP contribution in [-0.2, 0) is 14.8 Å². The van der Waals surface area contributed by atoms with Crippen molar-refractivity contribution in [3.05, 3.63) is 58.9 Å². The second kappa shape index (κ2) is 9.01. The molecule has 10 heteroatoms. The van der Waals surface area contributed by atoms with Crippen LogP contribution in [0.1, 0.15) is 24.3 Å². The van der Waals surface area contributed by atoms with Crippen molar-refractivity contribution >= 4 is 33.2 Å². The first-order chi connectivity index (χ1) is 15.2. The largest absolute Gasteiger partial charge is 0.339 e. The zero-order chi connectivity index (χ0) is 22.9. The molecule has 0 spiro atoms. The number of aryl methyl sites for hydroxylation is 2. The molecule has 1 aliphatic heterocycles. The quantitative estimate of drug-likeness (QED) is 0.598. The summed E-state index contributed by atoms with van der Waals surface area (Å²) in [5.41, 5.74) is 1.75. The summed E-state index contributed by atoms with van der Waals surface area (Å²) in [6.07, 6.45) is 1.20. The zero-order valence-corrected chi connectivity index (χ0v) is 19.3. The molecule has 32 heavy (non-hydrogen) atoms. The van der Waals surface area contributed by atoms with Gasteiger partial charge in [-0.1, -0.05) is 35.0 Å². The number of hydrogen-bond acceptors (Lipinski definition) is 6. The Labute approximate surface area is 191 Å². The van der Waals surface area contributed by atoms with Crippen LogP contribution in [0.2, 0.25) is 5.02 Å². The van der Waals surface area contributed by atoms with Gasteiger partial charge in [0, 0.05) is 36.3 Å². The lowest BCUT2D eigenvalue weighted by atomic mass is 9.99. The van der Waals surface area contributed by atoms with Gasteiger partial charge in [0.2, 0.25) is 27.6 Å². The second-order valence-electron chi connectivity index (χ2n) is 7.82. The summed E-state index contributed by atoms with van der Waals surface area (Å²) in [6.45, 7) is 3.88. The van der Waals surface area contributed by atoms with E-state index in [2.05, 4.69) is 15.5 Å². The molecule has 1 atom stereocenters. The van der Waals surface area contributed by atoms with E-state index in [0.29, 0.717) is 52.9 Å². The average molecular weight is 475 g/mol. The number of nitrogens with zero attached hydrogens (tertiary/aromatic N) is 3. The maximum Gasteiger partial charge on any atom is 0.243 e. The van der Waals surface area contributed by atoms with Gasteiger partial charge < -0.3 is 9.84 Å². The van der Waals surface area contributed by atoms with Crippen molar-refractivity contribution in [2.75, 3.05) is 18.4 Å². The molecule has 1 amide bonds. The molecular weight excluding hydrogens is 452 g/mol. The van der Waals surface area contributed by atoms with Gasteiger partial charge in [-0.2, -0.15) is 9.29 Å². The number of carbonyl (C=O) groups excluding carboxylic acids is 1. The summed E-state index contributed by atoms with van der Waals surface area (Å²) in [7, 11) is -3.82. The van der Waals surface area contributed by atoms with Crippen LogP contribution in [0.25, 0.3) is 11.4 Å². The SMILES string of the molecule is Cc1nc(-c2ccc(C)c(S(=O)(=O)N3CCCC(C(=O)Nc4cccc(Cl)c4)C3)c2)no1. The van der Waals surface area contributed by atoms with Crippen molar-refractivity contribution in [1.29, 1.82) is 0 Å². The first kappa shape index (κ1) is 22.4. The summed E-state index contributed by atoms with van der Waals surface area (Å²) in [5.74, 6) is 0.0479. The van der Waals surface area contributed by atoms with E-state index in [1.54, 1.807) is 56.3 Å². The Balaban J connectivity index is 1.55. The third-order valence-corrected chi connectivity index (χ3v) is 7.68. The third kappa shape index (κ3) is 4.69.